The Morgan fingerprint density at radius 1 is 1.29 bits per heavy atom. The minimum atomic E-state index is -0.204. The summed E-state index contributed by atoms with van der Waals surface area (Å²) in [6, 6.07) is 4.01. The number of nitrogens with two attached hydrogens (primary N) is 1. The van der Waals surface area contributed by atoms with Gasteiger partial charge in [-0.15, -0.1) is 0 Å². The van der Waals surface area contributed by atoms with E-state index in [4.69, 9.17) is 15.2 Å². The Hall–Kier alpha value is -1.29. The SMILES string of the molecule is CC(C)(C)Oc1ccc(OC2CC(N)C2)nc1. The summed E-state index contributed by atoms with van der Waals surface area (Å²) in [4.78, 5) is 4.22. The summed E-state index contributed by atoms with van der Waals surface area (Å²) in [5.74, 6) is 1.40. The first-order valence-electron chi connectivity index (χ1n) is 6.00. The zero-order valence-corrected chi connectivity index (χ0v) is 10.6. The maximum absolute atomic E-state index is 5.70. The molecule has 1 aliphatic carbocycles. The lowest BCUT2D eigenvalue weighted by atomic mass is 9.90. The highest BCUT2D eigenvalue weighted by atomic mass is 16.5. The molecule has 1 fully saturated rings. The number of pyridine rings is 1. The summed E-state index contributed by atoms with van der Waals surface area (Å²) in [6.07, 6.45) is 3.76. The molecule has 1 aromatic heterocycles. The van der Waals surface area contributed by atoms with E-state index in [2.05, 4.69) is 4.98 Å². The van der Waals surface area contributed by atoms with Gasteiger partial charge in [0.2, 0.25) is 5.88 Å². The van der Waals surface area contributed by atoms with E-state index in [1.165, 1.54) is 0 Å². The average Bonchev–Trinajstić information content (AvgIpc) is 2.16. The Morgan fingerprint density at radius 2 is 2.00 bits per heavy atom. The zero-order valence-electron chi connectivity index (χ0n) is 10.6. The minimum absolute atomic E-state index is 0.204. The van der Waals surface area contributed by atoms with Gasteiger partial charge in [0, 0.05) is 12.1 Å². The maximum atomic E-state index is 5.70. The minimum Gasteiger partial charge on any atom is -0.487 e. The van der Waals surface area contributed by atoms with Gasteiger partial charge in [0.05, 0.1) is 6.20 Å². The molecule has 0 spiro atoms. The van der Waals surface area contributed by atoms with Gasteiger partial charge in [0.1, 0.15) is 17.5 Å². The molecule has 0 aliphatic heterocycles. The van der Waals surface area contributed by atoms with Gasteiger partial charge in [-0.25, -0.2) is 4.98 Å². The van der Waals surface area contributed by atoms with E-state index >= 15 is 0 Å². The van der Waals surface area contributed by atoms with Crippen molar-refractivity contribution in [2.24, 2.45) is 5.73 Å². The molecule has 94 valence electrons. The Balaban J connectivity index is 1.89. The standard InChI is InChI=1S/C13H20N2O2/c1-13(2,3)17-10-4-5-12(15-8-10)16-11-6-9(14)7-11/h4-5,8-9,11H,6-7,14H2,1-3H3. The van der Waals surface area contributed by atoms with Gasteiger partial charge in [-0.3, -0.25) is 0 Å². The quantitative estimate of drug-likeness (QED) is 0.873. The van der Waals surface area contributed by atoms with E-state index in [9.17, 15) is 0 Å². The number of hydrogen-bond acceptors (Lipinski definition) is 4. The fraction of sp³-hybridized carbons (Fsp3) is 0.615. The Bertz CT molecular complexity index is 364. The van der Waals surface area contributed by atoms with Crippen LogP contribution in [-0.4, -0.2) is 22.7 Å². The van der Waals surface area contributed by atoms with Crippen LogP contribution >= 0.6 is 0 Å². The molecule has 1 aliphatic rings. The first kappa shape index (κ1) is 12.2. The van der Waals surface area contributed by atoms with Gasteiger partial charge in [0.15, 0.2) is 0 Å². The summed E-state index contributed by atoms with van der Waals surface area (Å²) >= 11 is 0. The van der Waals surface area contributed by atoms with Crippen LogP contribution in [0.5, 0.6) is 11.6 Å². The van der Waals surface area contributed by atoms with Crippen molar-refractivity contribution in [1.29, 1.82) is 0 Å². The van der Waals surface area contributed by atoms with Gasteiger partial charge in [-0.05, 0) is 39.7 Å². The molecule has 4 heteroatoms. The molecule has 0 aromatic carbocycles. The summed E-state index contributed by atoms with van der Waals surface area (Å²) in [5, 5.41) is 0. The fourth-order valence-corrected chi connectivity index (χ4v) is 1.72. The third-order valence-electron chi connectivity index (χ3n) is 2.55. The highest BCUT2D eigenvalue weighted by Gasteiger charge is 2.27. The summed E-state index contributed by atoms with van der Waals surface area (Å²) in [6.45, 7) is 6.02. The molecular formula is C13H20N2O2. The van der Waals surface area contributed by atoms with E-state index in [-0.39, 0.29) is 11.7 Å². The van der Waals surface area contributed by atoms with E-state index in [0.717, 1.165) is 18.6 Å². The van der Waals surface area contributed by atoms with Crippen LogP contribution in [0.3, 0.4) is 0 Å². The van der Waals surface area contributed by atoms with E-state index in [0.29, 0.717) is 11.9 Å². The van der Waals surface area contributed by atoms with Crippen LogP contribution in [0.15, 0.2) is 18.3 Å². The van der Waals surface area contributed by atoms with Crippen LogP contribution in [0.1, 0.15) is 33.6 Å². The van der Waals surface area contributed by atoms with E-state index < -0.39 is 0 Å². The number of nitrogens with zero attached hydrogens (tertiary/aromatic N) is 1. The van der Waals surface area contributed by atoms with Crippen molar-refractivity contribution < 1.29 is 9.47 Å². The lowest BCUT2D eigenvalue weighted by Crippen LogP contribution is -2.43. The topological polar surface area (TPSA) is 57.4 Å². The second kappa shape index (κ2) is 4.53. The molecule has 1 heterocycles. The smallest absolute Gasteiger partial charge is 0.213 e. The fourth-order valence-electron chi connectivity index (χ4n) is 1.72. The predicted octanol–water partition coefficient (Wildman–Crippen LogP) is 2.13. The lowest BCUT2D eigenvalue weighted by molar-refractivity contribution is 0.0947. The first-order valence-corrected chi connectivity index (χ1v) is 6.00. The van der Waals surface area contributed by atoms with Crippen LogP contribution in [-0.2, 0) is 0 Å². The highest BCUT2D eigenvalue weighted by Crippen LogP contribution is 2.25. The Morgan fingerprint density at radius 3 is 2.47 bits per heavy atom. The summed E-state index contributed by atoms with van der Waals surface area (Å²) in [5.41, 5.74) is 5.49. The van der Waals surface area contributed by atoms with Crippen molar-refractivity contribution in [1.82, 2.24) is 4.98 Å². The molecule has 0 radical (unpaired) electrons. The van der Waals surface area contributed by atoms with Crippen molar-refractivity contribution in [2.75, 3.05) is 0 Å². The predicted molar refractivity (Wildman–Crippen MR) is 66.2 cm³/mol. The van der Waals surface area contributed by atoms with Gasteiger partial charge in [0.25, 0.3) is 0 Å². The Labute approximate surface area is 102 Å². The molecule has 0 bridgehead atoms. The van der Waals surface area contributed by atoms with Crippen molar-refractivity contribution in [2.45, 2.75) is 51.4 Å². The molecule has 2 N–H and O–H groups in total. The van der Waals surface area contributed by atoms with Crippen molar-refractivity contribution in [3.63, 3.8) is 0 Å². The normalized spacial score (nSPS) is 24.0. The summed E-state index contributed by atoms with van der Waals surface area (Å²) < 4.78 is 11.3. The highest BCUT2D eigenvalue weighted by molar-refractivity contribution is 5.23. The van der Waals surface area contributed by atoms with Crippen molar-refractivity contribution in [3.8, 4) is 11.6 Å². The maximum Gasteiger partial charge on any atom is 0.213 e. The monoisotopic (exact) mass is 236 g/mol. The number of rotatable bonds is 3. The molecule has 17 heavy (non-hydrogen) atoms. The van der Waals surface area contributed by atoms with Gasteiger partial charge >= 0.3 is 0 Å². The number of hydrogen-bond donors (Lipinski definition) is 1. The molecule has 1 aromatic rings. The van der Waals surface area contributed by atoms with Crippen LogP contribution in [0.4, 0.5) is 0 Å². The largest absolute Gasteiger partial charge is 0.487 e. The van der Waals surface area contributed by atoms with Crippen molar-refractivity contribution >= 4 is 0 Å². The number of ether oxygens (including phenoxy) is 2. The molecule has 0 amide bonds. The Kier molecular flexibility index (Phi) is 3.24. The zero-order chi connectivity index (χ0) is 12.5. The average molecular weight is 236 g/mol. The first-order chi connectivity index (χ1) is 7.92. The molecule has 2 rings (SSSR count). The molecule has 0 unspecified atom stereocenters. The second-order valence-corrected chi connectivity index (χ2v) is 5.52. The van der Waals surface area contributed by atoms with E-state index in [1.807, 2.05) is 32.9 Å². The molecular weight excluding hydrogens is 216 g/mol. The molecule has 4 nitrogen and oxygen atoms in total. The molecule has 1 saturated carbocycles. The molecule has 0 saturated heterocycles. The lowest BCUT2D eigenvalue weighted by Gasteiger charge is -2.32. The van der Waals surface area contributed by atoms with Gasteiger partial charge in [-0.2, -0.15) is 0 Å². The van der Waals surface area contributed by atoms with Gasteiger partial charge < -0.3 is 15.2 Å². The van der Waals surface area contributed by atoms with Crippen molar-refractivity contribution in [3.05, 3.63) is 18.3 Å². The van der Waals surface area contributed by atoms with Crippen LogP contribution in [0, 0.1) is 0 Å². The summed E-state index contributed by atoms with van der Waals surface area (Å²) in [7, 11) is 0. The van der Waals surface area contributed by atoms with E-state index in [1.54, 1.807) is 6.20 Å². The second-order valence-electron chi connectivity index (χ2n) is 5.52. The van der Waals surface area contributed by atoms with Crippen LogP contribution < -0.4 is 15.2 Å². The molecule has 0 atom stereocenters. The third-order valence-corrected chi connectivity index (χ3v) is 2.55. The van der Waals surface area contributed by atoms with Crippen LogP contribution in [0.2, 0.25) is 0 Å². The van der Waals surface area contributed by atoms with Crippen LogP contribution in [0.25, 0.3) is 0 Å². The third kappa shape index (κ3) is 3.60. The number of aromatic nitrogens is 1. The van der Waals surface area contributed by atoms with Gasteiger partial charge in [-0.1, -0.05) is 0 Å².